The second kappa shape index (κ2) is 9.59. The van der Waals surface area contributed by atoms with E-state index in [0.717, 1.165) is 0 Å². The Kier molecular flexibility index (Phi) is 6.93. The molecule has 12 heteroatoms. The van der Waals surface area contributed by atoms with Gasteiger partial charge in [0, 0.05) is 18.3 Å². The molecule has 3 heterocycles. The summed E-state index contributed by atoms with van der Waals surface area (Å²) >= 11 is 0. The van der Waals surface area contributed by atoms with Crippen molar-refractivity contribution < 1.29 is 32.6 Å². The molecule has 1 N–H and O–H groups in total. The summed E-state index contributed by atoms with van der Waals surface area (Å²) in [6.45, 7) is 7.08. The van der Waals surface area contributed by atoms with E-state index in [2.05, 4.69) is 10.1 Å². The Bertz CT molecular complexity index is 1140. The highest BCUT2D eigenvalue weighted by Crippen LogP contribution is 2.48. The van der Waals surface area contributed by atoms with Crippen LogP contribution in [0.3, 0.4) is 0 Å². The standard InChI is InChI=1S/C22H28N3O8P/c1-14(2)29-12-15(3)24-34(28,33-16-8-6-5-7-9-16)30-13-17-19(27)22(4)20(31-17)25-11-10-18(26)23-21(25)32-22/h5-11,14-15,17,20H,12-13H2,1-4H3,(H,24,28)/t15-,17+,20+,22-,34?/m0/s1. The molecular formula is C22H28N3O8P. The summed E-state index contributed by atoms with van der Waals surface area (Å²) in [5.74, 6) is -0.0805. The number of carbonyl (C=O) groups is 1. The van der Waals surface area contributed by atoms with E-state index >= 15 is 0 Å². The summed E-state index contributed by atoms with van der Waals surface area (Å²) in [7, 11) is -3.92. The number of hydrogen-bond donors (Lipinski definition) is 1. The van der Waals surface area contributed by atoms with Gasteiger partial charge in [-0.1, -0.05) is 18.2 Å². The van der Waals surface area contributed by atoms with Gasteiger partial charge in [-0.3, -0.25) is 18.7 Å². The Morgan fingerprint density at radius 2 is 1.94 bits per heavy atom. The number of aromatic nitrogens is 2. The minimum Gasteiger partial charge on any atom is -0.445 e. The molecule has 1 saturated heterocycles. The zero-order valence-electron chi connectivity index (χ0n) is 19.4. The predicted octanol–water partition coefficient (Wildman–Crippen LogP) is 2.47. The van der Waals surface area contributed by atoms with Crippen LogP contribution in [-0.2, 0) is 23.4 Å². The second-order valence-corrected chi connectivity index (χ2v) is 10.3. The fourth-order valence-corrected chi connectivity index (χ4v) is 5.22. The number of Topliss-reactive ketones (excluding diaryl/α,β-unsaturated/α-hetero) is 1. The van der Waals surface area contributed by atoms with Crippen molar-refractivity contribution in [1.82, 2.24) is 14.6 Å². The van der Waals surface area contributed by atoms with Crippen LogP contribution in [-0.4, -0.2) is 52.4 Å². The molecule has 0 spiro atoms. The highest BCUT2D eigenvalue weighted by atomic mass is 31.2. The van der Waals surface area contributed by atoms with E-state index in [-0.39, 0.29) is 31.4 Å². The summed E-state index contributed by atoms with van der Waals surface area (Å²) in [6.07, 6.45) is -0.452. The number of para-hydroxylation sites is 1. The van der Waals surface area contributed by atoms with Crippen LogP contribution in [0.1, 0.15) is 33.9 Å². The van der Waals surface area contributed by atoms with Crippen LogP contribution in [0, 0.1) is 0 Å². The van der Waals surface area contributed by atoms with Gasteiger partial charge < -0.3 is 18.7 Å². The van der Waals surface area contributed by atoms with Gasteiger partial charge in [-0.05, 0) is 39.8 Å². The van der Waals surface area contributed by atoms with E-state index < -0.39 is 37.0 Å². The summed E-state index contributed by atoms with van der Waals surface area (Å²) in [6, 6.07) is 9.47. The highest BCUT2D eigenvalue weighted by Gasteiger charge is 2.61. The number of ether oxygens (including phenoxy) is 3. The van der Waals surface area contributed by atoms with Crippen LogP contribution in [0.5, 0.6) is 11.8 Å². The molecule has 0 radical (unpaired) electrons. The molecule has 5 atom stereocenters. The molecule has 0 bridgehead atoms. The van der Waals surface area contributed by atoms with Gasteiger partial charge in [0.15, 0.2) is 6.23 Å². The minimum absolute atomic E-state index is 0.00294. The van der Waals surface area contributed by atoms with Gasteiger partial charge in [-0.25, -0.2) is 9.65 Å². The lowest BCUT2D eigenvalue weighted by molar-refractivity contribution is -0.131. The van der Waals surface area contributed by atoms with Crippen molar-refractivity contribution in [2.45, 2.75) is 57.8 Å². The average molecular weight is 493 g/mol. The number of nitrogens with one attached hydrogen (secondary N) is 1. The van der Waals surface area contributed by atoms with Gasteiger partial charge in [0.1, 0.15) is 11.9 Å². The number of carbonyl (C=O) groups excluding carboxylic acids is 1. The lowest BCUT2D eigenvalue weighted by Gasteiger charge is -2.25. The topological polar surface area (TPSA) is 127 Å². The van der Waals surface area contributed by atoms with Crippen molar-refractivity contribution in [3.05, 3.63) is 52.9 Å². The van der Waals surface area contributed by atoms with Crippen LogP contribution in [0.2, 0.25) is 0 Å². The molecule has 11 nitrogen and oxygen atoms in total. The molecule has 34 heavy (non-hydrogen) atoms. The zero-order valence-corrected chi connectivity index (χ0v) is 20.3. The van der Waals surface area contributed by atoms with Crippen molar-refractivity contribution >= 4 is 13.5 Å². The van der Waals surface area contributed by atoms with Gasteiger partial charge in [-0.15, -0.1) is 0 Å². The van der Waals surface area contributed by atoms with Crippen LogP contribution >= 0.6 is 7.75 Å². The Morgan fingerprint density at radius 1 is 1.21 bits per heavy atom. The van der Waals surface area contributed by atoms with Crippen LogP contribution in [0.25, 0.3) is 0 Å². The van der Waals surface area contributed by atoms with Gasteiger partial charge in [0.05, 0.1) is 19.3 Å². The minimum atomic E-state index is -3.92. The van der Waals surface area contributed by atoms with Gasteiger partial charge in [0.25, 0.3) is 5.56 Å². The van der Waals surface area contributed by atoms with Crippen molar-refractivity contribution in [2.24, 2.45) is 0 Å². The molecule has 2 aliphatic rings. The van der Waals surface area contributed by atoms with Gasteiger partial charge >= 0.3 is 13.8 Å². The monoisotopic (exact) mass is 493 g/mol. The van der Waals surface area contributed by atoms with E-state index in [0.29, 0.717) is 5.75 Å². The molecule has 0 saturated carbocycles. The lowest BCUT2D eigenvalue weighted by atomic mass is 9.99. The molecule has 1 fully saturated rings. The lowest BCUT2D eigenvalue weighted by Crippen LogP contribution is -2.42. The van der Waals surface area contributed by atoms with E-state index in [1.54, 1.807) is 44.2 Å². The summed E-state index contributed by atoms with van der Waals surface area (Å²) < 4.78 is 43.6. The molecule has 1 aromatic carbocycles. The largest absolute Gasteiger partial charge is 0.459 e. The van der Waals surface area contributed by atoms with E-state index in [9.17, 15) is 14.2 Å². The van der Waals surface area contributed by atoms with E-state index in [1.165, 1.54) is 16.8 Å². The number of nitrogens with zero attached hydrogens (tertiary/aromatic N) is 2. The summed E-state index contributed by atoms with van der Waals surface area (Å²) in [4.78, 5) is 28.4. The van der Waals surface area contributed by atoms with Gasteiger partial charge in [-0.2, -0.15) is 4.98 Å². The van der Waals surface area contributed by atoms with Crippen LogP contribution < -0.4 is 19.9 Å². The first-order valence-electron chi connectivity index (χ1n) is 11.0. The van der Waals surface area contributed by atoms with Crippen molar-refractivity contribution in [3.63, 3.8) is 0 Å². The molecule has 1 aromatic heterocycles. The van der Waals surface area contributed by atoms with Crippen LogP contribution in [0.15, 0.2) is 47.4 Å². The number of hydrogen-bond acceptors (Lipinski definition) is 9. The van der Waals surface area contributed by atoms with Gasteiger partial charge in [0.2, 0.25) is 11.4 Å². The summed E-state index contributed by atoms with van der Waals surface area (Å²) in [5.41, 5.74) is -1.87. The third-order valence-corrected chi connectivity index (χ3v) is 7.03. The number of fused-ring (bicyclic) bond motifs is 3. The Balaban J connectivity index is 1.48. The maximum atomic E-state index is 13.6. The molecule has 2 aliphatic heterocycles. The number of ketones is 1. The van der Waals surface area contributed by atoms with E-state index in [1.807, 2.05) is 13.8 Å². The third-order valence-electron chi connectivity index (χ3n) is 5.33. The fraction of sp³-hybridized carbons (Fsp3) is 0.500. The Morgan fingerprint density at radius 3 is 2.65 bits per heavy atom. The average Bonchev–Trinajstić information content (AvgIpc) is 3.19. The first-order valence-corrected chi connectivity index (χ1v) is 12.5. The first kappa shape index (κ1) is 24.6. The predicted molar refractivity (Wildman–Crippen MR) is 121 cm³/mol. The Hall–Kier alpha value is -2.56. The molecule has 2 aromatic rings. The van der Waals surface area contributed by atoms with Crippen molar-refractivity contribution in [2.75, 3.05) is 13.2 Å². The van der Waals surface area contributed by atoms with E-state index in [4.69, 9.17) is 23.3 Å². The van der Waals surface area contributed by atoms with Crippen LogP contribution in [0.4, 0.5) is 0 Å². The smallest absolute Gasteiger partial charge is 0.445 e. The second-order valence-electron chi connectivity index (χ2n) is 8.62. The molecule has 0 amide bonds. The van der Waals surface area contributed by atoms with Crippen molar-refractivity contribution in [3.8, 4) is 11.8 Å². The molecule has 0 aliphatic carbocycles. The zero-order chi connectivity index (χ0) is 24.5. The maximum Gasteiger partial charge on any atom is 0.459 e. The molecular weight excluding hydrogens is 465 g/mol. The molecule has 4 rings (SSSR count). The molecule has 1 unspecified atom stereocenters. The third kappa shape index (κ3) is 5.08. The molecule has 184 valence electrons. The quantitative estimate of drug-likeness (QED) is 0.493. The Labute approximate surface area is 196 Å². The maximum absolute atomic E-state index is 13.6. The SMILES string of the molecule is CC(C)OC[C@H](C)NP(=O)(OC[C@H]1O[C@H]2n3ccc(=O)nc3O[C@@]2(C)C1=O)Oc1ccccc1. The first-order chi connectivity index (χ1) is 16.1. The number of benzene rings is 1. The van der Waals surface area contributed by atoms with Crippen molar-refractivity contribution in [1.29, 1.82) is 0 Å². The number of rotatable bonds is 10. The normalized spacial score (nSPS) is 26.0. The highest BCUT2D eigenvalue weighted by molar-refractivity contribution is 7.52. The summed E-state index contributed by atoms with van der Waals surface area (Å²) in [5, 5.41) is 2.86. The fourth-order valence-electron chi connectivity index (χ4n) is 3.70.